The Kier molecular flexibility index (Phi) is 6.73. The Morgan fingerprint density at radius 3 is 2.29 bits per heavy atom. The Hall–Kier alpha value is -0.0900. The normalized spacial score (nSPS) is 28.0. The van der Waals surface area contributed by atoms with Crippen LogP contribution >= 0.6 is 0 Å². The summed E-state index contributed by atoms with van der Waals surface area (Å²) in [5.74, 6) is 1.55. The second-order valence-corrected chi connectivity index (χ2v) is 10.7. The van der Waals surface area contributed by atoms with Crippen molar-refractivity contribution < 1.29 is 8.42 Å². The predicted molar refractivity (Wildman–Crippen MR) is 91.3 cm³/mol. The number of sulfone groups is 1. The molecule has 3 unspecified atom stereocenters. The third-order valence-corrected chi connectivity index (χ3v) is 7.41. The van der Waals surface area contributed by atoms with Crippen LogP contribution < -0.4 is 5.32 Å². The van der Waals surface area contributed by atoms with Gasteiger partial charge in [-0.15, -0.1) is 0 Å². The van der Waals surface area contributed by atoms with E-state index in [0.717, 1.165) is 19.4 Å². The van der Waals surface area contributed by atoms with Crippen molar-refractivity contribution in [3.05, 3.63) is 0 Å². The highest BCUT2D eigenvalue weighted by Crippen LogP contribution is 2.41. The highest BCUT2D eigenvalue weighted by atomic mass is 32.2. The zero-order valence-corrected chi connectivity index (χ0v) is 15.6. The van der Waals surface area contributed by atoms with Gasteiger partial charge in [-0.1, -0.05) is 27.7 Å². The van der Waals surface area contributed by atoms with Gasteiger partial charge in [-0.05, 0) is 63.3 Å². The van der Waals surface area contributed by atoms with Crippen LogP contribution in [-0.4, -0.2) is 32.0 Å². The maximum atomic E-state index is 12.1. The summed E-state index contributed by atoms with van der Waals surface area (Å²) in [6.07, 6.45) is 4.41. The SMILES string of the molecule is CCNC1CCC(C(C)(C)C)CC1CCS(=O)(=O)C(C)C. The number of nitrogens with one attached hydrogen (secondary N) is 1. The van der Waals surface area contributed by atoms with Crippen LogP contribution in [0.25, 0.3) is 0 Å². The fourth-order valence-electron chi connectivity index (χ4n) is 3.45. The minimum absolute atomic E-state index is 0.253. The standard InChI is InChI=1S/C17H35NO2S/c1-7-18-16-9-8-15(17(4,5)6)12-14(16)10-11-21(19,20)13(2)3/h13-16,18H,7-12H2,1-6H3. The van der Waals surface area contributed by atoms with Crippen LogP contribution in [0.3, 0.4) is 0 Å². The Morgan fingerprint density at radius 1 is 1.19 bits per heavy atom. The summed E-state index contributed by atoms with van der Waals surface area (Å²) < 4.78 is 24.2. The number of hydrogen-bond acceptors (Lipinski definition) is 3. The van der Waals surface area contributed by atoms with E-state index in [1.165, 1.54) is 12.8 Å². The highest BCUT2D eigenvalue weighted by Gasteiger charge is 2.36. The molecule has 1 rings (SSSR count). The molecule has 0 aromatic rings. The van der Waals surface area contributed by atoms with Gasteiger partial charge in [-0.3, -0.25) is 0 Å². The van der Waals surface area contributed by atoms with Gasteiger partial charge < -0.3 is 5.32 Å². The summed E-state index contributed by atoms with van der Waals surface area (Å²) in [6.45, 7) is 13.6. The average molecular weight is 318 g/mol. The van der Waals surface area contributed by atoms with Gasteiger partial charge >= 0.3 is 0 Å². The van der Waals surface area contributed by atoms with Gasteiger partial charge in [0, 0.05) is 6.04 Å². The fourth-order valence-corrected chi connectivity index (χ4v) is 4.55. The van der Waals surface area contributed by atoms with Crippen LogP contribution in [-0.2, 0) is 9.84 Å². The van der Waals surface area contributed by atoms with Crippen molar-refractivity contribution >= 4 is 9.84 Å². The molecule has 126 valence electrons. The molecule has 0 aliphatic heterocycles. The molecule has 21 heavy (non-hydrogen) atoms. The second-order valence-electron chi connectivity index (χ2n) is 8.00. The van der Waals surface area contributed by atoms with Gasteiger partial charge in [-0.2, -0.15) is 0 Å². The first-order valence-electron chi connectivity index (χ1n) is 8.52. The van der Waals surface area contributed by atoms with Crippen LogP contribution in [0.5, 0.6) is 0 Å². The molecule has 4 heteroatoms. The van der Waals surface area contributed by atoms with E-state index < -0.39 is 9.84 Å². The molecule has 1 saturated carbocycles. The van der Waals surface area contributed by atoms with Crippen LogP contribution in [0.15, 0.2) is 0 Å². The molecule has 0 saturated heterocycles. The van der Waals surface area contributed by atoms with Crippen molar-refractivity contribution in [3.8, 4) is 0 Å². The lowest BCUT2D eigenvalue weighted by Gasteiger charge is -2.42. The molecular formula is C17H35NO2S. The predicted octanol–water partition coefficient (Wildman–Crippen LogP) is 3.64. The minimum Gasteiger partial charge on any atom is -0.314 e. The van der Waals surface area contributed by atoms with Crippen LogP contribution in [0, 0.1) is 17.3 Å². The van der Waals surface area contributed by atoms with E-state index in [2.05, 4.69) is 33.0 Å². The minimum atomic E-state index is -2.92. The molecule has 0 aromatic heterocycles. The maximum Gasteiger partial charge on any atom is 0.152 e. The topological polar surface area (TPSA) is 46.2 Å². The molecule has 1 fully saturated rings. The average Bonchev–Trinajstić information content (AvgIpc) is 2.36. The molecule has 0 bridgehead atoms. The smallest absolute Gasteiger partial charge is 0.152 e. The zero-order valence-electron chi connectivity index (χ0n) is 14.8. The third-order valence-electron chi connectivity index (χ3n) is 5.16. The summed E-state index contributed by atoms with van der Waals surface area (Å²) in [5, 5.41) is 3.32. The van der Waals surface area contributed by atoms with E-state index in [4.69, 9.17) is 0 Å². The number of rotatable bonds is 6. The van der Waals surface area contributed by atoms with E-state index in [9.17, 15) is 8.42 Å². The van der Waals surface area contributed by atoms with Gasteiger partial charge in [0.05, 0.1) is 11.0 Å². The summed E-state index contributed by atoms with van der Waals surface area (Å²) in [7, 11) is -2.92. The van der Waals surface area contributed by atoms with E-state index in [1.807, 2.05) is 0 Å². The van der Waals surface area contributed by atoms with Crippen molar-refractivity contribution in [2.24, 2.45) is 17.3 Å². The lowest BCUT2D eigenvalue weighted by Crippen LogP contribution is -2.43. The largest absolute Gasteiger partial charge is 0.314 e. The molecule has 3 nitrogen and oxygen atoms in total. The molecule has 0 spiro atoms. The van der Waals surface area contributed by atoms with Crippen LogP contribution in [0.1, 0.15) is 67.2 Å². The Bertz CT molecular complexity index is 409. The molecule has 3 atom stereocenters. The summed E-state index contributed by atoms with van der Waals surface area (Å²) in [5.41, 5.74) is 0.326. The molecule has 0 aromatic carbocycles. The second kappa shape index (κ2) is 7.45. The van der Waals surface area contributed by atoms with E-state index >= 15 is 0 Å². The molecule has 0 radical (unpaired) electrons. The van der Waals surface area contributed by atoms with E-state index in [1.54, 1.807) is 13.8 Å². The number of hydrogen-bond donors (Lipinski definition) is 1. The molecule has 1 aliphatic rings. The first kappa shape index (κ1) is 19.0. The Morgan fingerprint density at radius 2 is 1.81 bits per heavy atom. The Balaban J connectivity index is 2.72. The zero-order chi connectivity index (χ0) is 16.3. The van der Waals surface area contributed by atoms with Crippen molar-refractivity contribution in [1.29, 1.82) is 0 Å². The van der Waals surface area contributed by atoms with Gasteiger partial charge in [-0.25, -0.2) is 8.42 Å². The van der Waals surface area contributed by atoms with Crippen molar-refractivity contribution in [2.45, 2.75) is 78.5 Å². The fraction of sp³-hybridized carbons (Fsp3) is 1.00. The summed E-state index contributed by atoms with van der Waals surface area (Å²) in [6, 6.07) is 0.496. The summed E-state index contributed by atoms with van der Waals surface area (Å²) >= 11 is 0. The van der Waals surface area contributed by atoms with Gasteiger partial charge in [0.1, 0.15) is 0 Å². The molecule has 1 aliphatic carbocycles. The molecule has 1 N–H and O–H groups in total. The van der Waals surface area contributed by atoms with E-state index in [-0.39, 0.29) is 5.25 Å². The quantitative estimate of drug-likeness (QED) is 0.813. The maximum absolute atomic E-state index is 12.1. The van der Waals surface area contributed by atoms with Crippen molar-refractivity contribution in [3.63, 3.8) is 0 Å². The van der Waals surface area contributed by atoms with Crippen LogP contribution in [0.4, 0.5) is 0 Å². The monoisotopic (exact) mass is 317 g/mol. The van der Waals surface area contributed by atoms with Crippen molar-refractivity contribution in [1.82, 2.24) is 5.32 Å². The first-order chi connectivity index (χ1) is 9.58. The molecule has 0 amide bonds. The molecule has 0 heterocycles. The highest BCUT2D eigenvalue weighted by molar-refractivity contribution is 7.91. The van der Waals surface area contributed by atoms with Gasteiger partial charge in [0.2, 0.25) is 0 Å². The lowest BCUT2D eigenvalue weighted by atomic mass is 9.67. The summed E-state index contributed by atoms with van der Waals surface area (Å²) in [4.78, 5) is 0. The molecular weight excluding hydrogens is 282 g/mol. The Labute approximate surface area is 132 Å². The first-order valence-corrected chi connectivity index (χ1v) is 10.2. The van der Waals surface area contributed by atoms with Gasteiger partial charge in [0.25, 0.3) is 0 Å². The van der Waals surface area contributed by atoms with Crippen LogP contribution in [0.2, 0.25) is 0 Å². The van der Waals surface area contributed by atoms with Crippen molar-refractivity contribution in [2.75, 3.05) is 12.3 Å². The third kappa shape index (κ3) is 5.55. The van der Waals surface area contributed by atoms with Gasteiger partial charge in [0.15, 0.2) is 9.84 Å². The lowest BCUT2D eigenvalue weighted by molar-refractivity contribution is 0.113. The van der Waals surface area contributed by atoms with E-state index in [0.29, 0.717) is 29.0 Å².